The quantitative estimate of drug-likeness (QED) is 0.0304. The molecule has 0 spiro atoms. The molecule has 5 heteroatoms. The number of benzene rings is 6. The van der Waals surface area contributed by atoms with Gasteiger partial charge >= 0.3 is 7.82 Å². The van der Waals surface area contributed by atoms with Crippen molar-refractivity contribution < 1.29 is 18.1 Å². The molecule has 6 aromatic carbocycles. The van der Waals surface area contributed by atoms with Crippen LogP contribution in [-0.2, 0) is 34.9 Å². The summed E-state index contributed by atoms with van der Waals surface area (Å²) >= 11 is 0. The Morgan fingerprint density at radius 2 is 0.479 bits per heavy atom. The van der Waals surface area contributed by atoms with Gasteiger partial charge in [-0.15, -0.1) is 0 Å². The van der Waals surface area contributed by atoms with Gasteiger partial charge in [-0.3, -0.25) is 13.6 Å². The first kappa shape index (κ1) is 55.7. The smallest absolute Gasteiger partial charge is 0.270 e. The van der Waals surface area contributed by atoms with Crippen molar-refractivity contribution >= 4 is 7.82 Å². The van der Waals surface area contributed by atoms with Gasteiger partial charge in [-0.1, -0.05) is 301 Å². The fraction of sp³-hybridized carbons (Fsp3) is 0.455. The molecule has 6 rings (SSSR count). The lowest BCUT2D eigenvalue weighted by molar-refractivity contribution is -0.0512. The Hall–Kier alpha value is -4.57. The summed E-state index contributed by atoms with van der Waals surface area (Å²) in [6, 6.07) is 62.7. The van der Waals surface area contributed by atoms with E-state index in [4.69, 9.17) is 13.6 Å². The van der Waals surface area contributed by atoms with Gasteiger partial charge in [0.2, 0.25) is 0 Å². The van der Waals surface area contributed by atoms with Crippen molar-refractivity contribution in [2.75, 3.05) is 0 Å². The molecule has 0 unspecified atom stereocenters. The second kappa shape index (κ2) is 28.6. The molecular weight excluding hydrogens is 888 g/mol. The maximum Gasteiger partial charge on any atom is 0.478 e. The Kier molecular flexibility index (Phi) is 22.5. The summed E-state index contributed by atoms with van der Waals surface area (Å²) in [6.45, 7) is 13.8. The van der Waals surface area contributed by atoms with Gasteiger partial charge in [0.05, 0.1) is 0 Å². The van der Waals surface area contributed by atoms with E-state index in [9.17, 15) is 0 Å². The molecule has 0 aliphatic rings. The van der Waals surface area contributed by atoms with Crippen LogP contribution in [0, 0.1) is 17.8 Å². The van der Waals surface area contributed by atoms with E-state index in [1.807, 2.05) is 36.4 Å². The maximum atomic E-state index is 17.9. The third-order valence-electron chi connectivity index (χ3n) is 14.4. The standard InChI is InChI=1S/C66H87O4P/c1-55(2)37-19-7-10-34-52-64(58-40-22-13-23-41-58,59-42-24-14-25-43-59)68-71(67,69-65(60-44-26-15-27-45-60,61-46-28-16-29-47-61)53-35-11-8-20-38-56(3)4)70-66(62-48-30-17-31-49-62,63-50-32-18-33-51-63)54-36-12-9-21-39-57(5)6/h13-18,22-33,40-51,55-57H,7-12,19-21,34-39,52-54H2,1-6H3. The molecule has 0 fully saturated rings. The number of phosphoric ester groups is 1. The Balaban J connectivity index is 1.61. The first-order valence-corrected chi connectivity index (χ1v) is 29.0. The lowest BCUT2D eigenvalue weighted by Gasteiger charge is -2.45. The van der Waals surface area contributed by atoms with E-state index in [1.165, 1.54) is 38.5 Å². The van der Waals surface area contributed by atoms with E-state index in [2.05, 4.69) is 187 Å². The van der Waals surface area contributed by atoms with E-state index in [1.54, 1.807) is 0 Å². The number of hydrogen-bond acceptors (Lipinski definition) is 4. The molecule has 0 heterocycles. The highest BCUT2D eigenvalue weighted by Gasteiger charge is 2.54. The highest BCUT2D eigenvalue weighted by atomic mass is 31.2. The largest absolute Gasteiger partial charge is 0.478 e. The minimum Gasteiger partial charge on any atom is -0.270 e. The van der Waals surface area contributed by atoms with Gasteiger partial charge in [0.1, 0.15) is 16.8 Å². The predicted octanol–water partition coefficient (Wildman–Crippen LogP) is 20.0. The molecule has 0 N–H and O–H groups in total. The zero-order valence-corrected chi connectivity index (χ0v) is 45.3. The molecular formula is C66H87O4P. The third-order valence-corrected chi connectivity index (χ3v) is 16.0. The molecule has 4 nitrogen and oxygen atoms in total. The van der Waals surface area contributed by atoms with Crippen molar-refractivity contribution in [3.63, 3.8) is 0 Å². The Bertz CT molecular complexity index is 1980. The lowest BCUT2D eigenvalue weighted by Crippen LogP contribution is -2.38. The molecule has 6 aromatic rings. The van der Waals surface area contributed by atoms with E-state index in [-0.39, 0.29) is 0 Å². The summed E-state index contributed by atoms with van der Waals surface area (Å²) in [5.74, 6) is 1.99. The van der Waals surface area contributed by atoms with E-state index < -0.39 is 24.6 Å². The summed E-state index contributed by atoms with van der Waals surface area (Å²) in [5.41, 5.74) is 1.92. The minimum atomic E-state index is -4.80. The maximum absolute atomic E-state index is 17.9. The fourth-order valence-electron chi connectivity index (χ4n) is 10.5. The van der Waals surface area contributed by atoms with Crippen LogP contribution in [0.2, 0.25) is 0 Å². The summed E-state index contributed by atoms with van der Waals surface area (Å²) in [4.78, 5) is 0. The van der Waals surface area contributed by atoms with Crippen LogP contribution in [0.4, 0.5) is 0 Å². The second-order valence-electron chi connectivity index (χ2n) is 21.4. The van der Waals surface area contributed by atoms with Crippen LogP contribution in [0.25, 0.3) is 0 Å². The molecule has 0 aromatic heterocycles. The van der Waals surface area contributed by atoms with Crippen molar-refractivity contribution in [1.82, 2.24) is 0 Å². The van der Waals surface area contributed by atoms with E-state index in [0.29, 0.717) is 37.0 Å². The van der Waals surface area contributed by atoms with Crippen molar-refractivity contribution in [3.05, 3.63) is 215 Å². The Morgan fingerprint density at radius 1 is 0.296 bits per heavy atom. The topological polar surface area (TPSA) is 44.8 Å². The fourth-order valence-corrected chi connectivity index (χ4v) is 12.7. The molecule has 380 valence electrons. The van der Waals surface area contributed by atoms with Crippen LogP contribution >= 0.6 is 7.82 Å². The Labute approximate surface area is 431 Å². The summed E-state index contributed by atoms with van der Waals surface area (Å²) < 4.78 is 41.5. The zero-order chi connectivity index (χ0) is 50.3. The molecule has 0 saturated carbocycles. The van der Waals surface area contributed by atoms with Gasteiger partial charge < -0.3 is 0 Å². The lowest BCUT2D eigenvalue weighted by atomic mass is 9.82. The molecule has 0 amide bonds. The highest BCUT2D eigenvalue weighted by molar-refractivity contribution is 7.48. The highest BCUT2D eigenvalue weighted by Crippen LogP contribution is 2.67. The van der Waals surface area contributed by atoms with Gasteiger partial charge in [-0.2, -0.15) is 0 Å². The first-order chi connectivity index (χ1) is 34.5. The molecule has 0 aliphatic carbocycles. The SMILES string of the molecule is CC(C)CCCCCCC(OP(=O)(OC(CCCCCCC(C)C)(c1ccccc1)c1ccccc1)OC(CCCCCCC(C)C)(c1ccccc1)c1ccccc1)(c1ccccc1)c1ccccc1. The van der Waals surface area contributed by atoms with Gasteiger partial charge in [-0.05, 0) is 89.7 Å². The summed E-state index contributed by atoms with van der Waals surface area (Å²) in [5, 5.41) is 0. The van der Waals surface area contributed by atoms with Crippen LogP contribution in [0.5, 0.6) is 0 Å². The number of rotatable bonds is 33. The van der Waals surface area contributed by atoms with E-state index in [0.717, 1.165) is 91.2 Å². The van der Waals surface area contributed by atoms with Gasteiger partial charge in [0, 0.05) is 0 Å². The number of unbranched alkanes of at least 4 members (excludes halogenated alkanes) is 9. The second-order valence-corrected chi connectivity index (χ2v) is 22.9. The van der Waals surface area contributed by atoms with Crippen molar-refractivity contribution in [3.8, 4) is 0 Å². The average molecular weight is 975 g/mol. The monoisotopic (exact) mass is 975 g/mol. The summed E-state index contributed by atoms with van der Waals surface area (Å²) in [6.07, 6.45) is 17.9. The van der Waals surface area contributed by atoms with Crippen LogP contribution in [0.3, 0.4) is 0 Å². The van der Waals surface area contributed by atoms with Crippen LogP contribution < -0.4 is 0 Å². The molecule has 0 atom stereocenters. The first-order valence-electron chi connectivity index (χ1n) is 27.6. The molecule has 0 saturated heterocycles. The zero-order valence-electron chi connectivity index (χ0n) is 44.4. The van der Waals surface area contributed by atoms with Crippen LogP contribution in [0.1, 0.15) is 190 Å². The average Bonchev–Trinajstić information content (AvgIpc) is 3.39. The van der Waals surface area contributed by atoms with Gasteiger partial charge in [0.25, 0.3) is 0 Å². The summed E-state index contributed by atoms with van der Waals surface area (Å²) in [7, 11) is -4.80. The molecule has 0 bridgehead atoms. The van der Waals surface area contributed by atoms with Crippen LogP contribution in [0.15, 0.2) is 182 Å². The van der Waals surface area contributed by atoms with Crippen molar-refractivity contribution in [1.29, 1.82) is 0 Å². The predicted molar refractivity (Wildman–Crippen MR) is 299 cm³/mol. The number of hydrogen-bond donors (Lipinski definition) is 0. The third kappa shape index (κ3) is 16.2. The normalized spacial score (nSPS) is 12.6. The van der Waals surface area contributed by atoms with Crippen molar-refractivity contribution in [2.24, 2.45) is 17.8 Å². The van der Waals surface area contributed by atoms with Gasteiger partial charge in [0.15, 0.2) is 0 Å². The molecule has 0 radical (unpaired) electrons. The van der Waals surface area contributed by atoms with Crippen molar-refractivity contribution in [2.45, 2.75) is 174 Å². The number of phosphoric acid groups is 1. The Morgan fingerprint density at radius 3 is 0.662 bits per heavy atom. The molecule has 71 heavy (non-hydrogen) atoms. The van der Waals surface area contributed by atoms with E-state index >= 15 is 4.57 Å². The minimum absolute atomic E-state index is 0.582. The molecule has 0 aliphatic heterocycles. The van der Waals surface area contributed by atoms with Gasteiger partial charge in [-0.25, -0.2) is 4.57 Å². The van der Waals surface area contributed by atoms with Crippen LogP contribution in [-0.4, -0.2) is 0 Å².